The molecule has 1 aromatic rings. The van der Waals surface area contributed by atoms with Crippen molar-refractivity contribution in [3.05, 3.63) is 23.9 Å². The molecule has 1 rings (SSSR count). The Bertz CT molecular complexity index is 338. The summed E-state index contributed by atoms with van der Waals surface area (Å²) in [5.41, 5.74) is 4.63. The van der Waals surface area contributed by atoms with Crippen LogP contribution in [0.3, 0.4) is 0 Å². The van der Waals surface area contributed by atoms with Gasteiger partial charge in [-0.15, -0.1) is 0 Å². The van der Waals surface area contributed by atoms with Crippen LogP contribution in [-0.4, -0.2) is 24.6 Å². The van der Waals surface area contributed by atoms with Gasteiger partial charge in [0.1, 0.15) is 5.82 Å². The Balaban J connectivity index is 3.11. The Kier molecular flexibility index (Phi) is 4.12. The van der Waals surface area contributed by atoms with E-state index in [1.807, 2.05) is 0 Å². The molecule has 0 bridgehead atoms. The van der Waals surface area contributed by atoms with Gasteiger partial charge >= 0.3 is 6.18 Å². The Hall–Kier alpha value is -1.30. The number of hydrogen-bond donors (Lipinski definition) is 1. The number of nitrogens with two attached hydrogens (primary N) is 1. The third-order valence-corrected chi connectivity index (χ3v) is 2.17. The minimum absolute atomic E-state index is 0.0528. The standard InChI is InChI=1S/C10H14F3N3/c1-2-16(7-5-14)9-8(10(11,12)13)4-3-6-15-9/h3-4,6H,2,5,7,14H2,1H3. The molecule has 0 aliphatic heterocycles. The summed E-state index contributed by atoms with van der Waals surface area (Å²) in [6.07, 6.45) is -3.03. The van der Waals surface area contributed by atoms with Gasteiger partial charge in [0.15, 0.2) is 0 Å². The van der Waals surface area contributed by atoms with E-state index in [-0.39, 0.29) is 5.82 Å². The molecule has 1 aromatic heterocycles. The minimum atomic E-state index is -4.38. The fourth-order valence-corrected chi connectivity index (χ4v) is 1.44. The van der Waals surface area contributed by atoms with Gasteiger partial charge in [0.05, 0.1) is 5.56 Å². The topological polar surface area (TPSA) is 42.1 Å². The lowest BCUT2D eigenvalue weighted by Gasteiger charge is -2.24. The molecule has 0 atom stereocenters. The molecule has 0 saturated heterocycles. The molecule has 3 nitrogen and oxygen atoms in total. The number of aromatic nitrogens is 1. The van der Waals surface area contributed by atoms with Crippen molar-refractivity contribution in [1.29, 1.82) is 0 Å². The highest BCUT2D eigenvalue weighted by molar-refractivity contribution is 5.48. The SMILES string of the molecule is CCN(CCN)c1ncccc1C(F)(F)F. The lowest BCUT2D eigenvalue weighted by molar-refractivity contribution is -0.137. The molecular weight excluding hydrogens is 219 g/mol. The maximum atomic E-state index is 12.7. The second-order valence-electron chi connectivity index (χ2n) is 3.24. The van der Waals surface area contributed by atoms with E-state index in [2.05, 4.69) is 4.98 Å². The summed E-state index contributed by atoms with van der Waals surface area (Å²) in [5.74, 6) is -0.0528. The molecule has 2 N–H and O–H groups in total. The van der Waals surface area contributed by atoms with Crippen molar-refractivity contribution < 1.29 is 13.2 Å². The number of likely N-dealkylation sites (N-methyl/N-ethyl adjacent to an activating group) is 1. The zero-order valence-electron chi connectivity index (χ0n) is 8.96. The van der Waals surface area contributed by atoms with Crippen molar-refractivity contribution in [1.82, 2.24) is 4.98 Å². The van der Waals surface area contributed by atoms with Crippen molar-refractivity contribution in [3.8, 4) is 0 Å². The highest BCUT2D eigenvalue weighted by atomic mass is 19.4. The zero-order chi connectivity index (χ0) is 12.2. The molecule has 0 spiro atoms. The van der Waals surface area contributed by atoms with Crippen LogP contribution in [0.5, 0.6) is 0 Å². The summed E-state index contributed by atoms with van der Waals surface area (Å²) >= 11 is 0. The molecule has 1 heterocycles. The molecular formula is C10H14F3N3. The summed E-state index contributed by atoms with van der Waals surface area (Å²) in [7, 11) is 0. The lowest BCUT2D eigenvalue weighted by Crippen LogP contribution is -2.31. The first-order chi connectivity index (χ1) is 7.50. The van der Waals surface area contributed by atoms with Crippen LogP contribution < -0.4 is 10.6 Å². The Morgan fingerprint density at radius 1 is 1.44 bits per heavy atom. The molecule has 0 unspecified atom stereocenters. The van der Waals surface area contributed by atoms with Crippen molar-refractivity contribution >= 4 is 5.82 Å². The van der Waals surface area contributed by atoms with Crippen molar-refractivity contribution in [2.24, 2.45) is 5.73 Å². The number of pyridine rings is 1. The average Bonchev–Trinajstić information content (AvgIpc) is 2.25. The Morgan fingerprint density at radius 2 is 2.12 bits per heavy atom. The molecule has 0 aliphatic carbocycles. The number of anilines is 1. The average molecular weight is 233 g/mol. The van der Waals surface area contributed by atoms with Crippen molar-refractivity contribution in [3.63, 3.8) is 0 Å². The third kappa shape index (κ3) is 2.85. The lowest BCUT2D eigenvalue weighted by atomic mass is 10.2. The first-order valence-corrected chi connectivity index (χ1v) is 4.98. The van der Waals surface area contributed by atoms with Crippen LogP contribution in [0.2, 0.25) is 0 Å². The second-order valence-corrected chi connectivity index (χ2v) is 3.24. The predicted molar refractivity (Wildman–Crippen MR) is 56.2 cm³/mol. The van der Waals surface area contributed by atoms with Gasteiger partial charge in [0.2, 0.25) is 0 Å². The first-order valence-electron chi connectivity index (χ1n) is 4.98. The minimum Gasteiger partial charge on any atom is -0.355 e. The summed E-state index contributed by atoms with van der Waals surface area (Å²) in [4.78, 5) is 5.30. The number of rotatable bonds is 4. The van der Waals surface area contributed by atoms with Crippen LogP contribution in [0.25, 0.3) is 0 Å². The second kappa shape index (κ2) is 5.16. The van der Waals surface area contributed by atoms with E-state index in [1.54, 1.807) is 6.92 Å². The molecule has 16 heavy (non-hydrogen) atoms. The van der Waals surface area contributed by atoms with Crippen molar-refractivity contribution in [2.75, 3.05) is 24.5 Å². The van der Waals surface area contributed by atoms with Crippen LogP contribution in [0.4, 0.5) is 19.0 Å². The van der Waals surface area contributed by atoms with Crippen LogP contribution >= 0.6 is 0 Å². The summed E-state index contributed by atoms with van der Waals surface area (Å²) in [6.45, 7) is 2.86. The van der Waals surface area contributed by atoms with E-state index >= 15 is 0 Å². The van der Waals surface area contributed by atoms with E-state index in [1.165, 1.54) is 17.2 Å². The van der Waals surface area contributed by atoms with E-state index in [0.717, 1.165) is 6.07 Å². The van der Waals surface area contributed by atoms with E-state index in [0.29, 0.717) is 19.6 Å². The highest BCUT2D eigenvalue weighted by Crippen LogP contribution is 2.34. The van der Waals surface area contributed by atoms with Crippen LogP contribution in [0.1, 0.15) is 12.5 Å². The molecule has 0 fully saturated rings. The van der Waals surface area contributed by atoms with Gasteiger partial charge in [0.25, 0.3) is 0 Å². The summed E-state index contributed by atoms with van der Waals surface area (Å²) in [6, 6.07) is 2.31. The van der Waals surface area contributed by atoms with Gasteiger partial charge < -0.3 is 10.6 Å². The zero-order valence-corrected chi connectivity index (χ0v) is 8.96. The number of hydrogen-bond acceptors (Lipinski definition) is 3. The molecule has 0 amide bonds. The maximum Gasteiger partial charge on any atom is 0.419 e. The van der Waals surface area contributed by atoms with Gasteiger partial charge in [-0.3, -0.25) is 0 Å². The third-order valence-electron chi connectivity index (χ3n) is 2.17. The van der Waals surface area contributed by atoms with E-state index in [9.17, 15) is 13.2 Å². The number of halogens is 3. The largest absolute Gasteiger partial charge is 0.419 e. The molecule has 0 saturated carbocycles. The van der Waals surface area contributed by atoms with Crippen LogP contribution in [-0.2, 0) is 6.18 Å². The van der Waals surface area contributed by atoms with Crippen LogP contribution in [0.15, 0.2) is 18.3 Å². The number of alkyl halides is 3. The van der Waals surface area contributed by atoms with E-state index < -0.39 is 11.7 Å². The van der Waals surface area contributed by atoms with Crippen molar-refractivity contribution in [2.45, 2.75) is 13.1 Å². The van der Waals surface area contributed by atoms with Gasteiger partial charge in [0, 0.05) is 25.8 Å². The molecule has 0 radical (unpaired) electrons. The van der Waals surface area contributed by atoms with Crippen LogP contribution in [0, 0.1) is 0 Å². The first kappa shape index (κ1) is 12.8. The van der Waals surface area contributed by atoms with E-state index in [4.69, 9.17) is 5.73 Å². The van der Waals surface area contributed by atoms with Gasteiger partial charge in [-0.2, -0.15) is 13.2 Å². The molecule has 0 aliphatic rings. The summed E-state index contributed by atoms with van der Waals surface area (Å²) in [5, 5.41) is 0. The molecule has 0 aromatic carbocycles. The smallest absolute Gasteiger partial charge is 0.355 e. The Morgan fingerprint density at radius 3 is 2.62 bits per heavy atom. The Labute approximate surface area is 92.1 Å². The predicted octanol–water partition coefficient (Wildman–Crippen LogP) is 1.89. The monoisotopic (exact) mass is 233 g/mol. The fraction of sp³-hybridized carbons (Fsp3) is 0.500. The van der Waals surface area contributed by atoms with Gasteiger partial charge in [-0.05, 0) is 19.1 Å². The van der Waals surface area contributed by atoms with Gasteiger partial charge in [-0.25, -0.2) is 4.98 Å². The molecule has 6 heteroatoms. The number of nitrogens with zero attached hydrogens (tertiary/aromatic N) is 2. The highest BCUT2D eigenvalue weighted by Gasteiger charge is 2.35. The maximum absolute atomic E-state index is 12.7. The quantitative estimate of drug-likeness (QED) is 0.863. The molecule has 90 valence electrons. The normalized spacial score (nSPS) is 11.6. The fourth-order valence-electron chi connectivity index (χ4n) is 1.44. The summed E-state index contributed by atoms with van der Waals surface area (Å²) < 4.78 is 38.1. The van der Waals surface area contributed by atoms with Gasteiger partial charge in [-0.1, -0.05) is 0 Å².